The van der Waals surface area contributed by atoms with Gasteiger partial charge in [-0.3, -0.25) is 14.4 Å². The number of rotatable bonds is 9. The standard InChI is InChI=1S/C27H33F2N5O6/c1-13(30)25(36)32-14(2)26(37)31-10-20(29)15-5-4-8-33(11-15)22-19(28)9-17-21(24(22)40-3)34(16-6-7-16)12-18(23(17)35)27(38)39/h9,12-14,16H,4-8,10-11,30H2,1-3H3,(H,31,37)(H,32,36)(H,38,39)/b20-15+. The highest BCUT2D eigenvalue weighted by atomic mass is 19.1. The van der Waals surface area contributed by atoms with Gasteiger partial charge in [0.25, 0.3) is 0 Å². The molecule has 5 N–H and O–H groups in total. The number of halogens is 2. The summed E-state index contributed by atoms with van der Waals surface area (Å²) in [5, 5.41) is 14.3. The van der Waals surface area contributed by atoms with Gasteiger partial charge >= 0.3 is 5.97 Å². The normalized spacial score (nSPS) is 18.2. The second-order valence-corrected chi connectivity index (χ2v) is 10.2. The molecule has 2 aromatic rings. The molecule has 11 nitrogen and oxygen atoms in total. The largest absolute Gasteiger partial charge is 0.492 e. The average Bonchev–Trinajstić information content (AvgIpc) is 3.76. The fourth-order valence-electron chi connectivity index (χ4n) is 4.86. The lowest BCUT2D eigenvalue weighted by Gasteiger charge is -2.33. The molecule has 13 heteroatoms. The van der Waals surface area contributed by atoms with Crippen LogP contribution in [0, 0.1) is 5.82 Å². The zero-order valence-electron chi connectivity index (χ0n) is 22.6. The predicted molar refractivity (Wildman–Crippen MR) is 144 cm³/mol. The van der Waals surface area contributed by atoms with Crippen LogP contribution in [-0.4, -0.2) is 66.3 Å². The van der Waals surface area contributed by atoms with Crippen molar-refractivity contribution in [3.05, 3.63) is 45.3 Å². The van der Waals surface area contributed by atoms with Crippen LogP contribution in [0.5, 0.6) is 5.75 Å². The van der Waals surface area contributed by atoms with E-state index in [2.05, 4.69) is 10.6 Å². The number of nitrogens with zero attached hydrogens (tertiary/aromatic N) is 2. The van der Waals surface area contributed by atoms with Crippen molar-refractivity contribution in [1.29, 1.82) is 0 Å². The van der Waals surface area contributed by atoms with Crippen molar-refractivity contribution in [2.45, 2.75) is 57.7 Å². The van der Waals surface area contributed by atoms with Gasteiger partial charge in [0.1, 0.15) is 23.1 Å². The summed E-state index contributed by atoms with van der Waals surface area (Å²) in [7, 11) is 1.34. The van der Waals surface area contributed by atoms with E-state index in [1.54, 1.807) is 9.47 Å². The molecular formula is C27H33F2N5O6. The van der Waals surface area contributed by atoms with Crippen molar-refractivity contribution in [2.24, 2.45) is 5.73 Å². The third-order valence-electron chi connectivity index (χ3n) is 7.14. The lowest BCUT2D eigenvalue weighted by Crippen LogP contribution is -2.49. The average molecular weight is 562 g/mol. The van der Waals surface area contributed by atoms with Gasteiger partial charge in [0.15, 0.2) is 11.6 Å². The molecule has 216 valence electrons. The third kappa shape index (κ3) is 5.79. The Labute approximate surface area is 228 Å². The second-order valence-electron chi connectivity index (χ2n) is 10.2. The highest BCUT2D eigenvalue weighted by molar-refractivity contribution is 5.97. The first kappa shape index (κ1) is 29.0. The molecule has 2 atom stereocenters. The van der Waals surface area contributed by atoms with Crippen molar-refractivity contribution in [3.63, 3.8) is 0 Å². The van der Waals surface area contributed by atoms with Crippen LogP contribution in [-0.2, 0) is 9.59 Å². The number of aromatic carboxylic acids is 1. The topological polar surface area (TPSA) is 156 Å². The number of fused-ring (bicyclic) bond motifs is 1. The summed E-state index contributed by atoms with van der Waals surface area (Å²) in [4.78, 5) is 50.3. The van der Waals surface area contributed by atoms with E-state index in [9.17, 15) is 24.3 Å². The van der Waals surface area contributed by atoms with Gasteiger partial charge in [-0.1, -0.05) is 0 Å². The van der Waals surface area contributed by atoms with Gasteiger partial charge in [0.05, 0.1) is 30.6 Å². The van der Waals surface area contributed by atoms with Crippen LogP contribution in [0.4, 0.5) is 14.5 Å². The Morgan fingerprint density at radius 3 is 2.55 bits per heavy atom. The Balaban J connectivity index is 1.63. The number of ether oxygens (including phenoxy) is 1. The zero-order chi connectivity index (χ0) is 29.3. The zero-order valence-corrected chi connectivity index (χ0v) is 22.6. The molecule has 0 radical (unpaired) electrons. The lowest BCUT2D eigenvalue weighted by molar-refractivity contribution is -0.128. The van der Waals surface area contributed by atoms with Crippen LogP contribution in [0.25, 0.3) is 10.9 Å². The molecule has 2 heterocycles. The Hall–Kier alpha value is -4.00. The van der Waals surface area contributed by atoms with Crippen molar-refractivity contribution in [1.82, 2.24) is 15.2 Å². The van der Waals surface area contributed by atoms with Gasteiger partial charge in [-0.2, -0.15) is 0 Å². The summed E-state index contributed by atoms with van der Waals surface area (Å²) < 4.78 is 38.1. The minimum absolute atomic E-state index is 0.0122. The number of nitrogens with two attached hydrogens (primary N) is 1. The van der Waals surface area contributed by atoms with Crippen molar-refractivity contribution >= 4 is 34.4 Å². The predicted octanol–water partition coefficient (Wildman–Crippen LogP) is 1.97. The number of piperidine rings is 1. The number of benzene rings is 1. The maximum atomic E-state index is 15.6. The molecule has 1 saturated heterocycles. The van der Waals surface area contributed by atoms with Crippen LogP contribution in [0.3, 0.4) is 0 Å². The number of hydrogen-bond donors (Lipinski definition) is 4. The maximum absolute atomic E-state index is 15.6. The molecule has 0 spiro atoms. The number of pyridine rings is 1. The number of aromatic nitrogens is 1. The molecule has 2 fully saturated rings. The molecule has 2 aliphatic rings. The highest BCUT2D eigenvalue weighted by Crippen LogP contribution is 2.44. The molecule has 1 aromatic carbocycles. The number of carboxylic acids is 1. The fraction of sp³-hybridized carbons (Fsp3) is 0.481. The lowest BCUT2D eigenvalue weighted by atomic mass is 10.0. The molecule has 40 heavy (non-hydrogen) atoms. The number of anilines is 1. The summed E-state index contributed by atoms with van der Waals surface area (Å²) >= 11 is 0. The summed E-state index contributed by atoms with van der Waals surface area (Å²) in [5.41, 5.74) is 4.93. The van der Waals surface area contributed by atoms with Crippen LogP contribution in [0.1, 0.15) is 55.9 Å². The smallest absolute Gasteiger partial charge is 0.341 e. The van der Waals surface area contributed by atoms with Crippen LogP contribution in [0.15, 0.2) is 28.5 Å². The molecule has 1 aliphatic carbocycles. The van der Waals surface area contributed by atoms with Gasteiger partial charge in [-0.15, -0.1) is 0 Å². The van der Waals surface area contributed by atoms with Crippen molar-refractivity contribution < 1.29 is 33.0 Å². The number of carboxylic acid groups (broad SMARTS) is 1. The van der Waals surface area contributed by atoms with Crippen molar-refractivity contribution in [2.75, 3.05) is 31.6 Å². The minimum Gasteiger partial charge on any atom is -0.492 e. The number of nitrogens with one attached hydrogen (secondary N) is 2. The molecule has 4 rings (SSSR count). The molecule has 1 saturated carbocycles. The number of carbonyl (C=O) groups is 3. The Bertz CT molecular complexity index is 1450. The van der Waals surface area contributed by atoms with Crippen LogP contribution < -0.4 is 31.4 Å². The third-order valence-corrected chi connectivity index (χ3v) is 7.14. The van der Waals surface area contributed by atoms with E-state index in [0.717, 1.165) is 18.9 Å². The maximum Gasteiger partial charge on any atom is 0.341 e. The molecule has 2 unspecified atom stereocenters. The van der Waals surface area contributed by atoms with Crippen LogP contribution >= 0.6 is 0 Å². The quantitative estimate of drug-likeness (QED) is 0.362. The molecule has 2 amide bonds. The Morgan fingerprint density at radius 2 is 1.95 bits per heavy atom. The van der Waals surface area contributed by atoms with Gasteiger partial charge in [0, 0.05) is 25.3 Å². The SMILES string of the molecule is COc1c(N2CCC/C(=C(\F)CNC(=O)C(C)NC(=O)C(C)N)C2)c(F)cc2c(=O)c(C(=O)O)cn(C3CC3)c12. The highest BCUT2D eigenvalue weighted by Gasteiger charge is 2.32. The monoisotopic (exact) mass is 561 g/mol. The second kappa shape index (κ2) is 11.6. The Morgan fingerprint density at radius 1 is 1.25 bits per heavy atom. The van der Waals surface area contributed by atoms with E-state index in [1.165, 1.54) is 27.2 Å². The first-order valence-electron chi connectivity index (χ1n) is 13.1. The molecule has 1 aliphatic heterocycles. The van der Waals surface area contributed by atoms with E-state index >= 15 is 8.78 Å². The van der Waals surface area contributed by atoms with E-state index in [-0.39, 0.29) is 29.4 Å². The van der Waals surface area contributed by atoms with E-state index in [4.69, 9.17) is 10.5 Å². The summed E-state index contributed by atoms with van der Waals surface area (Å²) in [6, 6.07) is -0.742. The number of methoxy groups -OCH3 is 1. The van der Waals surface area contributed by atoms with E-state index in [0.29, 0.717) is 30.5 Å². The van der Waals surface area contributed by atoms with E-state index in [1.807, 2.05) is 0 Å². The van der Waals surface area contributed by atoms with Gasteiger partial charge in [0.2, 0.25) is 17.2 Å². The van der Waals surface area contributed by atoms with Crippen molar-refractivity contribution in [3.8, 4) is 5.75 Å². The summed E-state index contributed by atoms with van der Waals surface area (Å²) in [6.45, 7) is 2.92. The number of hydrogen-bond acceptors (Lipinski definition) is 7. The molecular weight excluding hydrogens is 528 g/mol. The van der Waals surface area contributed by atoms with Gasteiger partial charge in [-0.25, -0.2) is 13.6 Å². The first-order chi connectivity index (χ1) is 18.9. The van der Waals surface area contributed by atoms with Crippen LogP contribution in [0.2, 0.25) is 0 Å². The molecule has 0 bridgehead atoms. The number of carbonyl (C=O) groups excluding carboxylic acids is 2. The van der Waals surface area contributed by atoms with Gasteiger partial charge < -0.3 is 35.7 Å². The Kier molecular flexibility index (Phi) is 8.43. The number of amides is 2. The first-order valence-corrected chi connectivity index (χ1v) is 13.1. The minimum atomic E-state index is -1.40. The van der Waals surface area contributed by atoms with Gasteiger partial charge in [-0.05, 0) is 51.2 Å². The molecule has 1 aromatic heterocycles. The summed E-state index contributed by atoms with van der Waals surface area (Å²) in [5.74, 6) is -3.79. The summed E-state index contributed by atoms with van der Waals surface area (Å²) in [6.07, 6.45) is 3.70. The fourth-order valence-corrected chi connectivity index (χ4v) is 4.86. The van der Waals surface area contributed by atoms with E-state index < -0.39 is 59.0 Å².